The summed E-state index contributed by atoms with van der Waals surface area (Å²) in [4.78, 5) is 8.46. The Hall–Kier alpha value is -2.10. The third-order valence-corrected chi connectivity index (χ3v) is 2.69. The highest BCUT2D eigenvalue weighted by Crippen LogP contribution is 2.07. The Kier molecular flexibility index (Phi) is 4.12. The quantitative estimate of drug-likeness (QED) is 0.845. The fourth-order valence-corrected chi connectivity index (χ4v) is 1.77. The standard InChI is InChI=1S/C14H18N4/c1-11-4-3-5-12(8-11)6-7-17-14-10-16-9-13(15-2)18-14/h3-5,8-10H,6-7H2,1-2H3,(H2,15,17,18). The van der Waals surface area contributed by atoms with Crippen molar-refractivity contribution in [1.29, 1.82) is 0 Å². The molecule has 2 N–H and O–H groups in total. The second-order valence-electron chi connectivity index (χ2n) is 4.21. The van der Waals surface area contributed by atoms with E-state index in [-0.39, 0.29) is 0 Å². The molecular formula is C14H18N4. The van der Waals surface area contributed by atoms with E-state index in [1.807, 2.05) is 7.05 Å². The maximum Gasteiger partial charge on any atom is 0.146 e. The van der Waals surface area contributed by atoms with Crippen LogP contribution < -0.4 is 10.6 Å². The highest BCUT2D eigenvalue weighted by atomic mass is 15.1. The third kappa shape index (κ3) is 3.45. The molecule has 0 saturated carbocycles. The van der Waals surface area contributed by atoms with Gasteiger partial charge in [0.05, 0.1) is 12.4 Å². The maximum atomic E-state index is 4.36. The van der Waals surface area contributed by atoms with E-state index in [0.29, 0.717) is 0 Å². The fourth-order valence-electron chi connectivity index (χ4n) is 1.77. The molecule has 1 aromatic carbocycles. The van der Waals surface area contributed by atoms with Crippen LogP contribution in [-0.2, 0) is 6.42 Å². The highest BCUT2D eigenvalue weighted by molar-refractivity contribution is 5.41. The summed E-state index contributed by atoms with van der Waals surface area (Å²) < 4.78 is 0. The summed E-state index contributed by atoms with van der Waals surface area (Å²) in [5, 5.41) is 6.24. The highest BCUT2D eigenvalue weighted by Gasteiger charge is 1.97. The Balaban J connectivity index is 1.88. The van der Waals surface area contributed by atoms with E-state index >= 15 is 0 Å². The molecule has 0 aliphatic rings. The SMILES string of the molecule is CNc1cncc(NCCc2cccc(C)c2)n1. The molecule has 0 unspecified atom stereocenters. The van der Waals surface area contributed by atoms with Crippen LogP contribution in [0.1, 0.15) is 11.1 Å². The molecule has 0 saturated heterocycles. The van der Waals surface area contributed by atoms with Crippen LogP contribution in [0.4, 0.5) is 11.6 Å². The summed E-state index contributed by atoms with van der Waals surface area (Å²) in [6.45, 7) is 2.96. The van der Waals surface area contributed by atoms with Gasteiger partial charge in [0.15, 0.2) is 0 Å². The average molecular weight is 242 g/mol. The Bertz CT molecular complexity index is 511. The lowest BCUT2D eigenvalue weighted by Crippen LogP contribution is -2.07. The van der Waals surface area contributed by atoms with Crippen LogP contribution in [0.5, 0.6) is 0 Å². The largest absolute Gasteiger partial charge is 0.372 e. The number of anilines is 2. The molecule has 0 radical (unpaired) electrons. The molecule has 1 aromatic heterocycles. The molecular weight excluding hydrogens is 224 g/mol. The molecule has 0 aliphatic heterocycles. The van der Waals surface area contributed by atoms with E-state index in [1.165, 1.54) is 11.1 Å². The van der Waals surface area contributed by atoms with Gasteiger partial charge in [-0.3, -0.25) is 4.98 Å². The molecule has 1 heterocycles. The van der Waals surface area contributed by atoms with E-state index in [0.717, 1.165) is 24.6 Å². The predicted molar refractivity (Wildman–Crippen MR) is 75.0 cm³/mol. The Labute approximate surface area is 107 Å². The van der Waals surface area contributed by atoms with Gasteiger partial charge in [-0.2, -0.15) is 0 Å². The van der Waals surface area contributed by atoms with Crippen molar-refractivity contribution in [2.75, 3.05) is 24.2 Å². The van der Waals surface area contributed by atoms with Crippen molar-refractivity contribution in [1.82, 2.24) is 9.97 Å². The lowest BCUT2D eigenvalue weighted by Gasteiger charge is -2.07. The first-order valence-electron chi connectivity index (χ1n) is 6.07. The van der Waals surface area contributed by atoms with E-state index in [4.69, 9.17) is 0 Å². The normalized spacial score (nSPS) is 10.1. The lowest BCUT2D eigenvalue weighted by molar-refractivity contribution is 0.997. The first-order chi connectivity index (χ1) is 8.78. The van der Waals surface area contributed by atoms with Crippen LogP contribution in [0.3, 0.4) is 0 Å². The van der Waals surface area contributed by atoms with Crippen molar-refractivity contribution in [3.63, 3.8) is 0 Å². The number of benzene rings is 1. The molecule has 94 valence electrons. The van der Waals surface area contributed by atoms with Crippen LogP contribution in [0, 0.1) is 6.92 Å². The Morgan fingerprint density at radius 1 is 1.17 bits per heavy atom. The van der Waals surface area contributed by atoms with E-state index in [9.17, 15) is 0 Å². The van der Waals surface area contributed by atoms with Gasteiger partial charge in [0.2, 0.25) is 0 Å². The maximum absolute atomic E-state index is 4.36. The third-order valence-electron chi connectivity index (χ3n) is 2.69. The van der Waals surface area contributed by atoms with Gasteiger partial charge < -0.3 is 10.6 Å². The summed E-state index contributed by atoms with van der Waals surface area (Å²) in [5.74, 6) is 1.57. The van der Waals surface area contributed by atoms with Crippen molar-refractivity contribution in [2.45, 2.75) is 13.3 Å². The summed E-state index contributed by atoms with van der Waals surface area (Å²) in [5.41, 5.74) is 2.63. The van der Waals surface area contributed by atoms with Crippen molar-refractivity contribution in [3.05, 3.63) is 47.8 Å². The Morgan fingerprint density at radius 3 is 2.78 bits per heavy atom. The number of nitrogens with one attached hydrogen (secondary N) is 2. The van der Waals surface area contributed by atoms with Crippen molar-refractivity contribution < 1.29 is 0 Å². The molecule has 0 amide bonds. The number of nitrogens with zero attached hydrogens (tertiary/aromatic N) is 2. The van der Waals surface area contributed by atoms with Crippen LogP contribution in [0.15, 0.2) is 36.7 Å². The molecule has 2 aromatic rings. The number of aromatic nitrogens is 2. The first kappa shape index (κ1) is 12.4. The molecule has 18 heavy (non-hydrogen) atoms. The molecule has 0 atom stereocenters. The average Bonchev–Trinajstić information content (AvgIpc) is 2.39. The van der Waals surface area contributed by atoms with E-state index < -0.39 is 0 Å². The van der Waals surface area contributed by atoms with Gasteiger partial charge >= 0.3 is 0 Å². The zero-order valence-electron chi connectivity index (χ0n) is 10.8. The van der Waals surface area contributed by atoms with E-state index in [1.54, 1.807) is 12.4 Å². The van der Waals surface area contributed by atoms with Crippen LogP contribution in [0.2, 0.25) is 0 Å². The van der Waals surface area contributed by atoms with Gasteiger partial charge in [-0.1, -0.05) is 29.8 Å². The van der Waals surface area contributed by atoms with Gasteiger partial charge in [0, 0.05) is 13.6 Å². The number of hydrogen-bond acceptors (Lipinski definition) is 4. The second kappa shape index (κ2) is 6.00. The fraction of sp³-hybridized carbons (Fsp3) is 0.286. The monoisotopic (exact) mass is 242 g/mol. The smallest absolute Gasteiger partial charge is 0.146 e. The van der Waals surface area contributed by atoms with Gasteiger partial charge in [0.1, 0.15) is 11.6 Å². The van der Waals surface area contributed by atoms with E-state index in [2.05, 4.69) is 51.8 Å². The molecule has 0 bridgehead atoms. The van der Waals surface area contributed by atoms with Crippen LogP contribution in [-0.4, -0.2) is 23.6 Å². The van der Waals surface area contributed by atoms with Crippen molar-refractivity contribution in [2.24, 2.45) is 0 Å². The van der Waals surface area contributed by atoms with Gasteiger partial charge in [-0.25, -0.2) is 4.98 Å². The van der Waals surface area contributed by atoms with Crippen LogP contribution in [0.25, 0.3) is 0 Å². The molecule has 0 aliphatic carbocycles. The summed E-state index contributed by atoms with van der Waals surface area (Å²) in [6, 6.07) is 8.55. The molecule has 4 nitrogen and oxygen atoms in total. The summed E-state index contributed by atoms with van der Waals surface area (Å²) in [7, 11) is 1.83. The second-order valence-corrected chi connectivity index (χ2v) is 4.21. The van der Waals surface area contributed by atoms with Crippen LogP contribution >= 0.6 is 0 Å². The topological polar surface area (TPSA) is 49.8 Å². The van der Waals surface area contributed by atoms with Crippen molar-refractivity contribution >= 4 is 11.6 Å². The summed E-state index contributed by atoms with van der Waals surface area (Å²) >= 11 is 0. The van der Waals surface area contributed by atoms with Gasteiger partial charge in [-0.15, -0.1) is 0 Å². The lowest BCUT2D eigenvalue weighted by atomic mass is 10.1. The number of aryl methyl sites for hydroxylation is 1. The number of hydrogen-bond donors (Lipinski definition) is 2. The minimum atomic E-state index is 0.774. The Morgan fingerprint density at radius 2 is 2.00 bits per heavy atom. The first-order valence-corrected chi connectivity index (χ1v) is 6.07. The molecule has 2 rings (SSSR count). The predicted octanol–water partition coefficient (Wildman–Crippen LogP) is 2.48. The van der Waals surface area contributed by atoms with Gasteiger partial charge in [0.25, 0.3) is 0 Å². The zero-order valence-corrected chi connectivity index (χ0v) is 10.8. The minimum absolute atomic E-state index is 0.774. The van der Waals surface area contributed by atoms with Crippen molar-refractivity contribution in [3.8, 4) is 0 Å². The van der Waals surface area contributed by atoms with Gasteiger partial charge in [-0.05, 0) is 18.9 Å². The minimum Gasteiger partial charge on any atom is -0.372 e. The summed E-state index contributed by atoms with van der Waals surface area (Å²) in [6.07, 6.45) is 4.41. The molecule has 4 heteroatoms. The molecule has 0 fully saturated rings. The molecule has 0 spiro atoms. The number of rotatable bonds is 5. The zero-order chi connectivity index (χ0) is 12.8.